The van der Waals surface area contributed by atoms with Gasteiger partial charge in [0.05, 0.1) is 17.5 Å². The minimum Gasteiger partial charge on any atom is -0.324 e. The summed E-state index contributed by atoms with van der Waals surface area (Å²) < 4.78 is 64.2. The Morgan fingerprint density at radius 1 is 1.11 bits per heavy atom. The van der Waals surface area contributed by atoms with Crippen molar-refractivity contribution < 1.29 is 26.4 Å². The molecule has 28 heavy (non-hydrogen) atoms. The number of anilines is 2. The third-order valence-corrected chi connectivity index (χ3v) is 5.40. The van der Waals surface area contributed by atoms with Crippen LogP contribution in [0.15, 0.2) is 42.5 Å². The molecule has 0 aromatic heterocycles. The van der Waals surface area contributed by atoms with Crippen LogP contribution in [0.2, 0.25) is 0 Å². The first-order chi connectivity index (χ1) is 12.8. The van der Waals surface area contributed by atoms with Crippen molar-refractivity contribution in [3.63, 3.8) is 0 Å². The second-order valence-corrected chi connectivity index (χ2v) is 8.45. The van der Waals surface area contributed by atoms with Crippen LogP contribution in [0.1, 0.15) is 23.6 Å². The molecule has 2 aromatic rings. The van der Waals surface area contributed by atoms with E-state index in [1.807, 2.05) is 13.0 Å². The van der Waals surface area contributed by atoms with Crippen LogP contribution in [0.5, 0.6) is 0 Å². The molecule has 2 rings (SSSR count). The van der Waals surface area contributed by atoms with Gasteiger partial charge < -0.3 is 5.32 Å². The Kier molecular flexibility index (Phi) is 6.08. The fourth-order valence-corrected chi connectivity index (χ4v) is 3.99. The van der Waals surface area contributed by atoms with Crippen LogP contribution in [0.3, 0.4) is 0 Å². The average Bonchev–Trinajstić information content (AvgIpc) is 2.55. The van der Waals surface area contributed by atoms with E-state index in [0.29, 0.717) is 16.1 Å². The number of nitrogens with one attached hydrogen (secondary N) is 1. The van der Waals surface area contributed by atoms with Crippen LogP contribution in [0, 0.1) is 13.8 Å². The van der Waals surface area contributed by atoms with E-state index in [9.17, 15) is 26.4 Å². The largest absolute Gasteiger partial charge is 0.416 e. The number of hydrogen-bond donors (Lipinski definition) is 1. The summed E-state index contributed by atoms with van der Waals surface area (Å²) in [4.78, 5) is 12.7. The predicted molar refractivity (Wildman–Crippen MR) is 103 cm³/mol. The van der Waals surface area contributed by atoms with Crippen molar-refractivity contribution in [3.05, 3.63) is 59.2 Å². The van der Waals surface area contributed by atoms with E-state index < -0.39 is 33.7 Å². The van der Waals surface area contributed by atoms with Crippen LogP contribution in [0.4, 0.5) is 24.5 Å². The first-order valence-electron chi connectivity index (χ1n) is 8.35. The van der Waals surface area contributed by atoms with Crippen LogP contribution < -0.4 is 9.62 Å². The number of aryl methyl sites for hydroxylation is 2. The summed E-state index contributed by atoms with van der Waals surface area (Å²) >= 11 is 0. The Balaban J connectivity index is 2.39. The maximum absolute atomic E-state index is 13.0. The number of carbonyl (C=O) groups is 1. The number of alkyl halides is 3. The second kappa shape index (κ2) is 7.83. The van der Waals surface area contributed by atoms with Crippen molar-refractivity contribution >= 4 is 27.3 Å². The first kappa shape index (κ1) is 21.7. The molecule has 0 aliphatic carbocycles. The molecule has 0 spiro atoms. The minimum atomic E-state index is -4.64. The molecule has 2 aromatic carbocycles. The molecular formula is C19H21F3N2O3S. The number of sulfonamides is 1. The molecule has 152 valence electrons. The number of rotatable bonds is 5. The summed E-state index contributed by atoms with van der Waals surface area (Å²) in [6.45, 7) is 4.99. The summed E-state index contributed by atoms with van der Waals surface area (Å²) in [5.41, 5.74) is 1.04. The molecule has 1 amide bonds. The number of hydrogen-bond acceptors (Lipinski definition) is 3. The van der Waals surface area contributed by atoms with Gasteiger partial charge in [0.2, 0.25) is 15.9 Å². The number of amides is 1. The summed E-state index contributed by atoms with van der Waals surface area (Å²) in [7, 11) is -4.03. The molecule has 1 atom stereocenters. The highest BCUT2D eigenvalue weighted by molar-refractivity contribution is 7.92. The van der Waals surface area contributed by atoms with Gasteiger partial charge in [-0.15, -0.1) is 0 Å². The first-order valence-corrected chi connectivity index (χ1v) is 10.2. The monoisotopic (exact) mass is 414 g/mol. The van der Waals surface area contributed by atoms with E-state index in [4.69, 9.17) is 0 Å². The van der Waals surface area contributed by atoms with Gasteiger partial charge in [-0.3, -0.25) is 9.10 Å². The van der Waals surface area contributed by atoms with Crippen molar-refractivity contribution in [3.8, 4) is 0 Å². The fourth-order valence-electron chi connectivity index (χ4n) is 2.82. The van der Waals surface area contributed by atoms with Crippen molar-refractivity contribution in [2.45, 2.75) is 33.0 Å². The third-order valence-electron chi connectivity index (χ3n) is 4.16. The molecule has 0 unspecified atom stereocenters. The smallest absolute Gasteiger partial charge is 0.324 e. The highest BCUT2D eigenvalue weighted by Crippen LogP contribution is 2.33. The molecule has 0 saturated carbocycles. The SMILES string of the molecule is Cc1ccc(NC(=O)[C@H](C)N(c2cccc(C(F)(F)F)c2)S(C)(=O)=O)c(C)c1. The lowest BCUT2D eigenvalue weighted by Crippen LogP contribution is -2.45. The topological polar surface area (TPSA) is 66.5 Å². The summed E-state index contributed by atoms with van der Waals surface area (Å²) in [5, 5.41) is 2.64. The van der Waals surface area contributed by atoms with E-state index in [1.165, 1.54) is 13.0 Å². The molecular weight excluding hydrogens is 393 g/mol. The number of carbonyl (C=O) groups excluding carboxylic acids is 1. The van der Waals surface area contributed by atoms with Gasteiger partial charge in [0.15, 0.2) is 0 Å². The zero-order valence-electron chi connectivity index (χ0n) is 15.8. The zero-order valence-corrected chi connectivity index (χ0v) is 16.6. The third kappa shape index (κ3) is 5.03. The van der Waals surface area contributed by atoms with Gasteiger partial charge in [-0.05, 0) is 50.6 Å². The van der Waals surface area contributed by atoms with Crippen LogP contribution >= 0.6 is 0 Å². The van der Waals surface area contributed by atoms with E-state index in [2.05, 4.69) is 5.32 Å². The fraction of sp³-hybridized carbons (Fsp3) is 0.316. The van der Waals surface area contributed by atoms with Crippen LogP contribution in [-0.4, -0.2) is 26.6 Å². The van der Waals surface area contributed by atoms with Gasteiger partial charge in [-0.2, -0.15) is 13.2 Å². The van der Waals surface area contributed by atoms with E-state index in [1.54, 1.807) is 19.1 Å². The Morgan fingerprint density at radius 2 is 1.75 bits per heavy atom. The standard InChI is InChI=1S/C19H21F3N2O3S/c1-12-8-9-17(13(2)10-12)23-18(25)14(3)24(28(4,26)27)16-7-5-6-15(11-16)19(20,21)22/h5-11,14H,1-4H3,(H,23,25)/t14-/m0/s1. The molecule has 9 heteroatoms. The van der Waals surface area contributed by atoms with Gasteiger partial charge in [0, 0.05) is 5.69 Å². The molecule has 0 bridgehead atoms. The molecule has 0 aliphatic rings. The lowest BCUT2D eigenvalue weighted by Gasteiger charge is -2.29. The van der Waals surface area contributed by atoms with E-state index >= 15 is 0 Å². The normalized spacial score (nSPS) is 13.1. The van der Waals surface area contributed by atoms with Gasteiger partial charge in [-0.1, -0.05) is 23.8 Å². The molecule has 0 radical (unpaired) electrons. The van der Waals surface area contributed by atoms with Gasteiger partial charge in [-0.25, -0.2) is 8.42 Å². The second-order valence-electron chi connectivity index (χ2n) is 6.59. The summed E-state index contributed by atoms with van der Waals surface area (Å²) in [6.07, 6.45) is -3.79. The zero-order chi connectivity index (χ0) is 21.3. The molecule has 1 N–H and O–H groups in total. The predicted octanol–water partition coefficient (Wildman–Crippen LogP) is 4.12. The summed E-state index contributed by atoms with van der Waals surface area (Å²) in [5.74, 6) is -0.658. The Morgan fingerprint density at radius 3 is 2.29 bits per heavy atom. The number of halogens is 3. The quantitative estimate of drug-likeness (QED) is 0.801. The van der Waals surface area contributed by atoms with Gasteiger partial charge in [0.1, 0.15) is 6.04 Å². The average molecular weight is 414 g/mol. The van der Waals surface area contributed by atoms with Crippen molar-refractivity contribution in [1.29, 1.82) is 0 Å². The Labute approximate surface area is 162 Å². The van der Waals surface area contributed by atoms with Crippen LogP contribution in [0.25, 0.3) is 0 Å². The Bertz CT molecular complexity index is 988. The highest BCUT2D eigenvalue weighted by atomic mass is 32.2. The van der Waals surface area contributed by atoms with Crippen molar-refractivity contribution in [2.24, 2.45) is 0 Å². The minimum absolute atomic E-state index is 0.236. The molecule has 0 saturated heterocycles. The van der Waals surface area contributed by atoms with Crippen molar-refractivity contribution in [1.82, 2.24) is 0 Å². The maximum Gasteiger partial charge on any atom is 0.416 e. The van der Waals surface area contributed by atoms with Gasteiger partial charge in [0.25, 0.3) is 0 Å². The molecule has 0 heterocycles. The maximum atomic E-state index is 13.0. The molecule has 5 nitrogen and oxygen atoms in total. The Hall–Kier alpha value is -2.55. The number of nitrogens with zero attached hydrogens (tertiary/aromatic N) is 1. The molecule has 0 fully saturated rings. The van der Waals surface area contributed by atoms with E-state index in [-0.39, 0.29) is 5.69 Å². The van der Waals surface area contributed by atoms with Crippen LogP contribution in [-0.2, 0) is 21.0 Å². The van der Waals surface area contributed by atoms with E-state index in [0.717, 1.165) is 29.5 Å². The highest BCUT2D eigenvalue weighted by Gasteiger charge is 2.34. The summed E-state index contributed by atoms with van der Waals surface area (Å²) in [6, 6.07) is 7.92. The van der Waals surface area contributed by atoms with Crippen molar-refractivity contribution in [2.75, 3.05) is 15.9 Å². The van der Waals surface area contributed by atoms with Gasteiger partial charge >= 0.3 is 6.18 Å². The lowest BCUT2D eigenvalue weighted by atomic mass is 10.1. The number of benzene rings is 2. The lowest BCUT2D eigenvalue weighted by molar-refractivity contribution is -0.137. The molecule has 0 aliphatic heterocycles.